The maximum atomic E-state index is 14.2. The molecule has 1 fully saturated rings. The average Bonchev–Trinajstić information content (AvgIpc) is 3.08. The zero-order chi connectivity index (χ0) is 23.4. The Labute approximate surface area is 200 Å². The van der Waals surface area contributed by atoms with E-state index in [1.165, 1.54) is 28.7 Å². The molecule has 0 unspecified atom stereocenters. The molecule has 0 bridgehead atoms. The number of aromatic nitrogens is 2. The van der Waals surface area contributed by atoms with E-state index in [1.807, 2.05) is 0 Å². The molecule has 1 amide bonds. The summed E-state index contributed by atoms with van der Waals surface area (Å²) in [6.07, 6.45) is 7.09. The highest BCUT2D eigenvalue weighted by molar-refractivity contribution is 8.26. The number of carbonyl (C=O) groups excluding carboxylic acids is 1. The van der Waals surface area contributed by atoms with Gasteiger partial charge in [-0.1, -0.05) is 68.4 Å². The van der Waals surface area contributed by atoms with Crippen molar-refractivity contribution in [2.24, 2.45) is 0 Å². The number of hydrogen-bond donors (Lipinski definition) is 0. The van der Waals surface area contributed by atoms with Gasteiger partial charge in [0.05, 0.1) is 4.91 Å². The molecule has 1 aliphatic rings. The van der Waals surface area contributed by atoms with Crippen LogP contribution in [0.3, 0.4) is 0 Å². The van der Waals surface area contributed by atoms with Gasteiger partial charge in [-0.3, -0.25) is 18.9 Å². The van der Waals surface area contributed by atoms with Gasteiger partial charge >= 0.3 is 0 Å². The smallest absolute Gasteiger partial charge is 0.269 e. The Bertz CT molecular complexity index is 1310. The van der Waals surface area contributed by atoms with E-state index in [0.717, 1.165) is 37.4 Å². The number of thiocarbonyl (C=S) groups is 1. The number of carbonyl (C=O) groups is 1. The first-order chi connectivity index (χ1) is 16.0. The highest BCUT2D eigenvalue weighted by Gasteiger charge is 2.32. The SMILES string of the molecule is CCCCCCN1C(=O)/C(=C\c2c(Oc3ccccc3F)nc3ccccn3c2=O)SC1=S. The van der Waals surface area contributed by atoms with Crippen molar-refractivity contribution in [1.29, 1.82) is 0 Å². The first-order valence-corrected chi connectivity index (χ1v) is 11.9. The number of benzene rings is 1. The van der Waals surface area contributed by atoms with Gasteiger partial charge in [-0.2, -0.15) is 4.98 Å². The van der Waals surface area contributed by atoms with Gasteiger partial charge in [-0.25, -0.2) is 4.39 Å². The third-order valence-electron chi connectivity index (χ3n) is 5.16. The molecule has 0 N–H and O–H groups in total. The lowest BCUT2D eigenvalue weighted by Crippen LogP contribution is -2.29. The summed E-state index contributed by atoms with van der Waals surface area (Å²) in [4.78, 5) is 32.5. The van der Waals surface area contributed by atoms with Gasteiger partial charge in [-0.15, -0.1) is 0 Å². The van der Waals surface area contributed by atoms with E-state index >= 15 is 0 Å². The molecule has 33 heavy (non-hydrogen) atoms. The molecule has 0 radical (unpaired) electrons. The molecule has 4 rings (SSSR count). The van der Waals surface area contributed by atoms with Crippen LogP contribution in [0.2, 0.25) is 0 Å². The quantitative estimate of drug-likeness (QED) is 0.243. The van der Waals surface area contributed by atoms with Crippen LogP contribution in [0.5, 0.6) is 11.6 Å². The zero-order valence-corrected chi connectivity index (χ0v) is 19.6. The van der Waals surface area contributed by atoms with Crippen molar-refractivity contribution in [2.75, 3.05) is 6.54 Å². The number of para-hydroxylation sites is 1. The number of pyridine rings is 1. The maximum Gasteiger partial charge on any atom is 0.269 e. The average molecular weight is 484 g/mol. The fraction of sp³-hybridized carbons (Fsp3) is 0.250. The van der Waals surface area contributed by atoms with E-state index in [0.29, 0.717) is 21.4 Å². The summed E-state index contributed by atoms with van der Waals surface area (Å²) in [5.74, 6) is -0.986. The molecule has 0 aliphatic carbocycles. The molecule has 2 aromatic heterocycles. The van der Waals surface area contributed by atoms with Gasteiger partial charge in [-0.05, 0) is 36.8 Å². The summed E-state index contributed by atoms with van der Waals surface area (Å²) < 4.78 is 21.7. The summed E-state index contributed by atoms with van der Waals surface area (Å²) in [6, 6.07) is 10.9. The predicted octanol–water partition coefficient (Wildman–Crippen LogP) is 5.41. The second kappa shape index (κ2) is 10.3. The number of amides is 1. The Morgan fingerprint density at radius 1 is 1.12 bits per heavy atom. The van der Waals surface area contributed by atoms with E-state index < -0.39 is 11.4 Å². The van der Waals surface area contributed by atoms with Crippen molar-refractivity contribution in [3.8, 4) is 11.6 Å². The van der Waals surface area contributed by atoms with Gasteiger partial charge < -0.3 is 4.74 Å². The van der Waals surface area contributed by atoms with Crippen molar-refractivity contribution >= 4 is 45.9 Å². The minimum atomic E-state index is -0.586. The largest absolute Gasteiger partial charge is 0.435 e. The number of rotatable bonds is 8. The van der Waals surface area contributed by atoms with Crippen molar-refractivity contribution < 1.29 is 13.9 Å². The zero-order valence-electron chi connectivity index (χ0n) is 18.0. The molecule has 3 aromatic rings. The number of unbranched alkanes of at least 4 members (excludes halogenated alkanes) is 3. The van der Waals surface area contributed by atoms with Crippen LogP contribution in [0.15, 0.2) is 58.4 Å². The summed E-state index contributed by atoms with van der Waals surface area (Å²) in [5.41, 5.74) is -0.0388. The van der Waals surface area contributed by atoms with Crippen LogP contribution in [-0.2, 0) is 4.79 Å². The van der Waals surface area contributed by atoms with Gasteiger partial charge in [0.2, 0.25) is 5.88 Å². The van der Waals surface area contributed by atoms with Crippen molar-refractivity contribution in [3.63, 3.8) is 0 Å². The number of hydrogen-bond acceptors (Lipinski definition) is 6. The molecule has 1 aromatic carbocycles. The lowest BCUT2D eigenvalue weighted by molar-refractivity contribution is -0.122. The Kier molecular flexibility index (Phi) is 7.20. The summed E-state index contributed by atoms with van der Waals surface area (Å²) in [7, 11) is 0. The summed E-state index contributed by atoms with van der Waals surface area (Å²) in [5, 5.41) is 0. The molecule has 170 valence electrons. The van der Waals surface area contributed by atoms with E-state index in [-0.39, 0.29) is 23.1 Å². The second-order valence-electron chi connectivity index (χ2n) is 7.49. The molecular formula is C24H22FN3O3S2. The Balaban J connectivity index is 1.73. The molecule has 3 heterocycles. The Morgan fingerprint density at radius 3 is 2.70 bits per heavy atom. The van der Waals surface area contributed by atoms with Crippen LogP contribution in [0, 0.1) is 5.82 Å². The molecule has 0 saturated carbocycles. The van der Waals surface area contributed by atoms with Crippen LogP contribution >= 0.6 is 24.0 Å². The summed E-state index contributed by atoms with van der Waals surface area (Å²) >= 11 is 6.54. The summed E-state index contributed by atoms with van der Waals surface area (Å²) in [6.45, 7) is 2.66. The lowest BCUT2D eigenvalue weighted by atomic mass is 10.2. The molecule has 0 spiro atoms. The first-order valence-electron chi connectivity index (χ1n) is 10.7. The van der Waals surface area contributed by atoms with Gasteiger partial charge in [0.25, 0.3) is 11.5 Å². The van der Waals surface area contributed by atoms with E-state index in [1.54, 1.807) is 35.4 Å². The Morgan fingerprint density at radius 2 is 1.91 bits per heavy atom. The highest BCUT2D eigenvalue weighted by atomic mass is 32.2. The fourth-order valence-corrected chi connectivity index (χ4v) is 4.73. The highest BCUT2D eigenvalue weighted by Crippen LogP contribution is 2.34. The minimum Gasteiger partial charge on any atom is -0.435 e. The van der Waals surface area contributed by atoms with Crippen molar-refractivity contribution in [3.05, 3.63) is 75.3 Å². The van der Waals surface area contributed by atoms with Crippen LogP contribution in [0.25, 0.3) is 11.7 Å². The number of ether oxygens (including phenoxy) is 1. The number of nitrogens with zero attached hydrogens (tertiary/aromatic N) is 3. The normalized spacial score (nSPS) is 15.1. The third kappa shape index (κ3) is 4.99. The number of halogens is 1. The maximum absolute atomic E-state index is 14.2. The molecular weight excluding hydrogens is 461 g/mol. The molecule has 9 heteroatoms. The van der Waals surface area contributed by atoms with Crippen LogP contribution < -0.4 is 10.3 Å². The topological polar surface area (TPSA) is 63.9 Å². The van der Waals surface area contributed by atoms with Gasteiger partial charge in [0.1, 0.15) is 15.5 Å². The minimum absolute atomic E-state index is 0.0495. The van der Waals surface area contributed by atoms with Crippen molar-refractivity contribution in [2.45, 2.75) is 32.6 Å². The van der Waals surface area contributed by atoms with Crippen LogP contribution in [0.4, 0.5) is 4.39 Å². The predicted molar refractivity (Wildman–Crippen MR) is 132 cm³/mol. The Hall–Kier alpha value is -3.04. The molecule has 6 nitrogen and oxygen atoms in total. The fourth-order valence-electron chi connectivity index (χ4n) is 3.44. The number of thioether (sulfide) groups is 1. The molecule has 1 saturated heterocycles. The standard InChI is InChI=1S/C24H22FN3O3S2/c1-2-3-4-8-14-28-23(30)19(33-24(28)32)15-16-21(31-18-11-6-5-10-17(18)25)26-20-12-7-9-13-27(20)22(16)29/h5-7,9-13,15H,2-4,8,14H2,1H3/b19-15+. The van der Waals surface area contributed by atoms with Gasteiger partial charge in [0.15, 0.2) is 11.6 Å². The first kappa shape index (κ1) is 23.1. The third-order valence-corrected chi connectivity index (χ3v) is 6.54. The van der Waals surface area contributed by atoms with Crippen molar-refractivity contribution in [1.82, 2.24) is 14.3 Å². The molecule has 1 aliphatic heterocycles. The van der Waals surface area contributed by atoms with Crippen LogP contribution in [-0.4, -0.2) is 31.1 Å². The van der Waals surface area contributed by atoms with E-state index in [4.69, 9.17) is 17.0 Å². The monoisotopic (exact) mass is 483 g/mol. The number of fused-ring (bicyclic) bond motifs is 1. The van der Waals surface area contributed by atoms with Gasteiger partial charge in [0, 0.05) is 12.7 Å². The van der Waals surface area contributed by atoms with Crippen LogP contribution in [0.1, 0.15) is 38.2 Å². The van der Waals surface area contributed by atoms with E-state index in [2.05, 4.69) is 11.9 Å². The lowest BCUT2D eigenvalue weighted by Gasteiger charge is -2.14. The molecule has 0 atom stereocenters. The second-order valence-corrected chi connectivity index (χ2v) is 9.17. The van der Waals surface area contributed by atoms with E-state index in [9.17, 15) is 14.0 Å².